The van der Waals surface area contributed by atoms with Crippen molar-refractivity contribution in [2.45, 2.75) is 64.7 Å². The van der Waals surface area contributed by atoms with Gasteiger partial charge in [-0.15, -0.1) is 0 Å². The lowest BCUT2D eigenvalue weighted by Gasteiger charge is -2.25. The molecule has 2 atom stereocenters. The summed E-state index contributed by atoms with van der Waals surface area (Å²) in [5.74, 6) is -1.45. The molecule has 0 aromatic heterocycles. The van der Waals surface area contributed by atoms with Crippen LogP contribution in [-0.2, 0) is 0 Å². The van der Waals surface area contributed by atoms with Gasteiger partial charge in [0.1, 0.15) is 5.83 Å². The van der Waals surface area contributed by atoms with E-state index in [1.54, 1.807) is 18.2 Å². The van der Waals surface area contributed by atoms with Crippen LogP contribution >= 0.6 is 0 Å². The standard InChI is InChI=1S/C30H33F3O/c1-3-5-20-6-8-22(9-7-20)25-15-14-24(19-27(25)31)21-10-12-23(13-11-21)26-16-17-28(34-18-4-2)30(33)29(26)32/h8,10-13,15-17,19-20,24H,3-7,9,14,18H2,1-2H3. The largest absolute Gasteiger partial charge is 0.490 e. The molecule has 180 valence electrons. The van der Waals surface area contributed by atoms with Crippen molar-refractivity contribution in [3.63, 3.8) is 0 Å². The third kappa shape index (κ3) is 5.32. The van der Waals surface area contributed by atoms with Crippen LogP contribution in [0.3, 0.4) is 0 Å². The van der Waals surface area contributed by atoms with E-state index in [-0.39, 0.29) is 23.1 Å². The van der Waals surface area contributed by atoms with Crippen molar-refractivity contribution in [1.82, 2.24) is 0 Å². The van der Waals surface area contributed by atoms with Crippen molar-refractivity contribution in [3.8, 4) is 16.9 Å². The van der Waals surface area contributed by atoms with Gasteiger partial charge in [-0.3, -0.25) is 0 Å². The molecule has 0 saturated heterocycles. The minimum absolute atomic E-state index is 0.0683. The fraction of sp³-hybridized carbons (Fsp3) is 0.400. The predicted octanol–water partition coefficient (Wildman–Crippen LogP) is 9.21. The number of allylic oxidation sites excluding steroid dienone is 6. The van der Waals surface area contributed by atoms with Gasteiger partial charge in [0, 0.05) is 17.1 Å². The van der Waals surface area contributed by atoms with Crippen molar-refractivity contribution in [2.75, 3.05) is 6.61 Å². The third-order valence-corrected chi connectivity index (χ3v) is 6.90. The molecule has 2 aromatic carbocycles. The van der Waals surface area contributed by atoms with Crippen LogP contribution in [0.15, 0.2) is 71.6 Å². The number of ether oxygens (including phenoxy) is 1. The number of hydrogen-bond donors (Lipinski definition) is 0. The van der Waals surface area contributed by atoms with Crippen molar-refractivity contribution in [1.29, 1.82) is 0 Å². The lowest BCUT2D eigenvalue weighted by Crippen LogP contribution is -2.09. The Bertz CT molecular complexity index is 1090. The lowest BCUT2D eigenvalue weighted by molar-refractivity contribution is 0.295. The van der Waals surface area contributed by atoms with E-state index in [2.05, 4.69) is 13.0 Å². The van der Waals surface area contributed by atoms with Crippen molar-refractivity contribution in [3.05, 3.63) is 88.8 Å². The van der Waals surface area contributed by atoms with E-state index in [9.17, 15) is 8.78 Å². The summed E-state index contributed by atoms with van der Waals surface area (Å²) in [4.78, 5) is 0. The maximum atomic E-state index is 15.0. The number of halogens is 3. The van der Waals surface area contributed by atoms with Gasteiger partial charge in [-0.1, -0.05) is 63.1 Å². The lowest BCUT2D eigenvalue weighted by atomic mass is 9.81. The minimum Gasteiger partial charge on any atom is -0.490 e. The monoisotopic (exact) mass is 466 g/mol. The first-order valence-electron chi connectivity index (χ1n) is 12.5. The average Bonchev–Trinajstić information content (AvgIpc) is 2.86. The van der Waals surface area contributed by atoms with Crippen LogP contribution < -0.4 is 4.74 Å². The van der Waals surface area contributed by atoms with Gasteiger partial charge in [0.2, 0.25) is 5.82 Å². The first-order valence-corrected chi connectivity index (χ1v) is 12.5. The Hall–Kier alpha value is -2.75. The van der Waals surface area contributed by atoms with Gasteiger partial charge in [0.25, 0.3) is 0 Å². The van der Waals surface area contributed by atoms with Gasteiger partial charge in [-0.2, -0.15) is 4.39 Å². The fourth-order valence-electron chi connectivity index (χ4n) is 4.99. The Balaban J connectivity index is 1.46. The van der Waals surface area contributed by atoms with E-state index in [1.165, 1.54) is 25.0 Å². The Labute approximate surface area is 201 Å². The molecule has 2 aliphatic carbocycles. The van der Waals surface area contributed by atoms with Crippen LogP contribution in [0.1, 0.15) is 70.3 Å². The summed E-state index contributed by atoms with van der Waals surface area (Å²) in [5, 5.41) is 0. The zero-order valence-electron chi connectivity index (χ0n) is 20.0. The molecule has 2 unspecified atom stereocenters. The van der Waals surface area contributed by atoms with Crippen LogP contribution in [0.5, 0.6) is 5.75 Å². The highest BCUT2D eigenvalue weighted by Crippen LogP contribution is 2.39. The van der Waals surface area contributed by atoms with E-state index in [4.69, 9.17) is 4.74 Å². The quantitative estimate of drug-likeness (QED) is 0.377. The molecular weight excluding hydrogens is 433 g/mol. The summed E-state index contributed by atoms with van der Waals surface area (Å²) in [6.45, 7) is 4.46. The van der Waals surface area contributed by atoms with E-state index >= 15 is 4.39 Å². The number of benzene rings is 2. The molecule has 0 saturated carbocycles. The van der Waals surface area contributed by atoms with E-state index in [0.29, 0.717) is 18.6 Å². The second-order valence-electron chi connectivity index (χ2n) is 9.34. The SMILES string of the molecule is CCCOc1ccc(-c2ccc(C3C=C(F)C(C4=CCC(CCC)CC4)=CC3)cc2)c(F)c1F. The van der Waals surface area contributed by atoms with Crippen LogP contribution in [0.4, 0.5) is 13.2 Å². The molecule has 34 heavy (non-hydrogen) atoms. The second-order valence-corrected chi connectivity index (χ2v) is 9.34. The summed E-state index contributed by atoms with van der Waals surface area (Å²) in [6, 6.07) is 10.3. The Morgan fingerprint density at radius 3 is 2.32 bits per heavy atom. The summed E-state index contributed by atoms with van der Waals surface area (Å²) in [6.07, 6.45) is 13.0. The van der Waals surface area contributed by atoms with Gasteiger partial charge in [-0.05, 0) is 72.9 Å². The normalized spacial score (nSPS) is 20.4. The maximum Gasteiger partial charge on any atom is 0.201 e. The molecule has 0 amide bonds. The highest BCUT2D eigenvalue weighted by atomic mass is 19.2. The second kappa shape index (κ2) is 11.1. The maximum absolute atomic E-state index is 15.0. The smallest absolute Gasteiger partial charge is 0.201 e. The molecule has 0 N–H and O–H groups in total. The molecule has 0 heterocycles. The van der Waals surface area contributed by atoms with Crippen molar-refractivity contribution >= 4 is 0 Å². The van der Waals surface area contributed by atoms with Crippen molar-refractivity contribution < 1.29 is 17.9 Å². The molecule has 1 nitrogen and oxygen atoms in total. The van der Waals surface area contributed by atoms with Gasteiger partial charge in [-0.25, -0.2) is 8.78 Å². The van der Waals surface area contributed by atoms with Gasteiger partial charge in [0.15, 0.2) is 11.6 Å². The Kier molecular flexibility index (Phi) is 7.97. The van der Waals surface area contributed by atoms with Crippen LogP contribution in [-0.4, -0.2) is 6.61 Å². The first kappa shape index (κ1) is 24.4. The summed E-state index contributed by atoms with van der Waals surface area (Å²) < 4.78 is 49.3. The third-order valence-electron chi connectivity index (χ3n) is 6.90. The zero-order valence-corrected chi connectivity index (χ0v) is 20.0. The molecule has 0 fully saturated rings. The Morgan fingerprint density at radius 1 is 0.882 bits per heavy atom. The number of hydrogen-bond acceptors (Lipinski definition) is 1. The zero-order chi connectivity index (χ0) is 24.1. The van der Waals surface area contributed by atoms with Gasteiger partial charge >= 0.3 is 0 Å². The van der Waals surface area contributed by atoms with Crippen LogP contribution in [0, 0.1) is 17.6 Å². The van der Waals surface area contributed by atoms with Gasteiger partial charge < -0.3 is 4.74 Å². The molecule has 0 bridgehead atoms. The van der Waals surface area contributed by atoms with E-state index < -0.39 is 11.6 Å². The molecule has 0 radical (unpaired) electrons. The molecule has 0 aliphatic heterocycles. The highest BCUT2D eigenvalue weighted by Gasteiger charge is 2.23. The van der Waals surface area contributed by atoms with Crippen molar-refractivity contribution in [2.24, 2.45) is 5.92 Å². The molecule has 2 aliphatic rings. The molecule has 0 spiro atoms. The summed E-state index contributed by atoms with van der Waals surface area (Å²) in [7, 11) is 0. The summed E-state index contributed by atoms with van der Waals surface area (Å²) >= 11 is 0. The molecule has 4 heteroatoms. The van der Waals surface area contributed by atoms with E-state index in [0.717, 1.165) is 48.3 Å². The number of rotatable bonds is 8. The highest BCUT2D eigenvalue weighted by molar-refractivity contribution is 5.66. The van der Waals surface area contributed by atoms with Gasteiger partial charge in [0.05, 0.1) is 6.61 Å². The minimum atomic E-state index is -0.969. The van der Waals surface area contributed by atoms with E-state index in [1.807, 2.05) is 25.1 Å². The Morgan fingerprint density at radius 2 is 1.68 bits per heavy atom. The first-order chi connectivity index (χ1) is 16.5. The van der Waals surface area contributed by atoms with Crippen LogP contribution in [0.2, 0.25) is 0 Å². The molecule has 4 rings (SSSR count). The fourth-order valence-corrected chi connectivity index (χ4v) is 4.99. The molecule has 2 aromatic rings. The summed E-state index contributed by atoms with van der Waals surface area (Å²) in [5.41, 5.74) is 3.61. The average molecular weight is 467 g/mol. The molecular formula is C30H33F3O. The van der Waals surface area contributed by atoms with Crippen LogP contribution in [0.25, 0.3) is 11.1 Å². The predicted molar refractivity (Wildman–Crippen MR) is 133 cm³/mol. The topological polar surface area (TPSA) is 9.23 Å².